The maximum Gasteiger partial charge on any atom is 0.266 e. The SMILES string of the molecule is C=CC(=O)NC1CN(c2ncc(C(O)Nc3c(-c4ccccc4F)ccnc3N3CCC(F)(F)C3)cn2)C1. The van der Waals surface area contributed by atoms with Crippen LogP contribution >= 0.6 is 0 Å². The molecule has 1 aromatic carbocycles. The van der Waals surface area contributed by atoms with Gasteiger partial charge in [0.1, 0.15) is 5.82 Å². The molecule has 2 fully saturated rings. The lowest BCUT2D eigenvalue weighted by Gasteiger charge is -2.39. The first-order valence-electron chi connectivity index (χ1n) is 12.1. The Balaban J connectivity index is 1.38. The van der Waals surface area contributed by atoms with Crippen molar-refractivity contribution in [2.75, 3.05) is 41.3 Å². The molecule has 2 aromatic heterocycles. The van der Waals surface area contributed by atoms with Crippen LogP contribution in [-0.4, -0.2) is 64.1 Å². The van der Waals surface area contributed by atoms with E-state index in [-0.39, 0.29) is 42.0 Å². The van der Waals surface area contributed by atoms with Crippen LogP contribution in [0.5, 0.6) is 0 Å². The monoisotopic (exact) mass is 525 g/mol. The lowest BCUT2D eigenvalue weighted by molar-refractivity contribution is -0.117. The van der Waals surface area contributed by atoms with Gasteiger partial charge in [-0.25, -0.2) is 28.1 Å². The number of pyridine rings is 1. The van der Waals surface area contributed by atoms with Gasteiger partial charge >= 0.3 is 0 Å². The van der Waals surface area contributed by atoms with Crippen molar-refractivity contribution >= 4 is 23.4 Å². The smallest absolute Gasteiger partial charge is 0.266 e. The fourth-order valence-corrected chi connectivity index (χ4v) is 4.50. The number of anilines is 3. The number of benzene rings is 1. The van der Waals surface area contributed by atoms with Gasteiger partial charge in [0.2, 0.25) is 11.9 Å². The van der Waals surface area contributed by atoms with Gasteiger partial charge in [-0.1, -0.05) is 24.8 Å². The molecule has 0 saturated carbocycles. The van der Waals surface area contributed by atoms with Gasteiger partial charge in [-0.15, -0.1) is 0 Å². The molecule has 1 atom stereocenters. The quantitative estimate of drug-likeness (QED) is 0.304. The van der Waals surface area contributed by atoms with Gasteiger partial charge < -0.3 is 25.5 Å². The van der Waals surface area contributed by atoms with E-state index in [0.717, 1.165) is 0 Å². The number of amides is 1. The number of aliphatic hydroxyl groups is 1. The molecule has 2 aliphatic heterocycles. The predicted octanol–water partition coefficient (Wildman–Crippen LogP) is 3.12. The molecule has 9 nitrogen and oxygen atoms in total. The Kier molecular flexibility index (Phi) is 6.89. The number of halogens is 3. The van der Waals surface area contributed by atoms with Crippen LogP contribution in [0.3, 0.4) is 0 Å². The summed E-state index contributed by atoms with van der Waals surface area (Å²) >= 11 is 0. The molecule has 2 saturated heterocycles. The van der Waals surface area contributed by atoms with Crippen LogP contribution in [-0.2, 0) is 4.79 Å². The Labute approximate surface area is 217 Å². The van der Waals surface area contributed by atoms with E-state index in [9.17, 15) is 23.1 Å². The summed E-state index contributed by atoms with van der Waals surface area (Å²) < 4.78 is 42.8. The molecule has 1 amide bonds. The summed E-state index contributed by atoms with van der Waals surface area (Å²) in [5, 5.41) is 16.7. The predicted molar refractivity (Wildman–Crippen MR) is 136 cm³/mol. The fraction of sp³-hybridized carbons (Fsp3) is 0.308. The zero-order valence-corrected chi connectivity index (χ0v) is 20.3. The van der Waals surface area contributed by atoms with E-state index in [0.29, 0.717) is 30.2 Å². The van der Waals surface area contributed by atoms with Crippen LogP contribution in [0.15, 0.2) is 61.6 Å². The fourth-order valence-electron chi connectivity index (χ4n) is 4.50. The summed E-state index contributed by atoms with van der Waals surface area (Å²) in [5.74, 6) is -3.01. The first-order chi connectivity index (χ1) is 18.2. The third-order valence-corrected chi connectivity index (χ3v) is 6.52. The first-order valence-corrected chi connectivity index (χ1v) is 12.1. The van der Waals surface area contributed by atoms with Crippen molar-refractivity contribution in [3.63, 3.8) is 0 Å². The highest BCUT2D eigenvalue weighted by Crippen LogP contribution is 2.40. The van der Waals surface area contributed by atoms with Crippen molar-refractivity contribution in [3.8, 4) is 11.1 Å². The van der Waals surface area contributed by atoms with Gasteiger partial charge in [-0.05, 0) is 18.2 Å². The molecular formula is C26H26F3N7O2. The number of hydrogen-bond acceptors (Lipinski definition) is 8. The van der Waals surface area contributed by atoms with Gasteiger partial charge in [0.15, 0.2) is 12.0 Å². The number of alkyl halides is 2. The Morgan fingerprint density at radius 3 is 2.53 bits per heavy atom. The van der Waals surface area contributed by atoms with Gasteiger partial charge in [-0.2, -0.15) is 0 Å². The van der Waals surface area contributed by atoms with E-state index in [2.05, 4.69) is 32.2 Å². The van der Waals surface area contributed by atoms with Crippen molar-refractivity contribution in [1.29, 1.82) is 0 Å². The molecule has 3 aromatic rings. The zero-order chi connectivity index (χ0) is 26.9. The summed E-state index contributed by atoms with van der Waals surface area (Å²) in [6, 6.07) is 7.62. The van der Waals surface area contributed by atoms with Crippen LogP contribution in [0, 0.1) is 5.82 Å². The van der Waals surface area contributed by atoms with Gasteiger partial charge in [0.05, 0.1) is 18.3 Å². The number of carbonyl (C=O) groups is 1. The Bertz CT molecular complexity index is 1330. The van der Waals surface area contributed by atoms with Crippen molar-refractivity contribution in [2.24, 2.45) is 0 Å². The van der Waals surface area contributed by atoms with E-state index in [1.807, 2.05) is 4.90 Å². The molecule has 4 heterocycles. The number of nitrogens with zero attached hydrogens (tertiary/aromatic N) is 5. The lowest BCUT2D eigenvalue weighted by Crippen LogP contribution is -2.59. The summed E-state index contributed by atoms with van der Waals surface area (Å²) in [5.41, 5.74) is 1.13. The maximum absolute atomic E-state index is 14.7. The van der Waals surface area contributed by atoms with Crippen molar-refractivity contribution in [3.05, 3.63) is 73.0 Å². The van der Waals surface area contributed by atoms with E-state index in [1.54, 1.807) is 24.3 Å². The summed E-state index contributed by atoms with van der Waals surface area (Å²) in [6.07, 6.45) is 3.86. The highest BCUT2D eigenvalue weighted by molar-refractivity contribution is 5.87. The normalized spacial score (nSPS) is 17.6. The third kappa shape index (κ3) is 5.25. The molecule has 1 unspecified atom stereocenters. The molecule has 12 heteroatoms. The van der Waals surface area contributed by atoms with Crippen LogP contribution in [0.4, 0.5) is 30.6 Å². The molecule has 0 spiro atoms. The van der Waals surface area contributed by atoms with E-state index < -0.39 is 24.5 Å². The first kappa shape index (κ1) is 25.5. The minimum atomic E-state index is -2.88. The number of hydrogen-bond donors (Lipinski definition) is 3. The number of aliphatic hydroxyl groups excluding tert-OH is 1. The molecule has 0 radical (unpaired) electrons. The number of rotatable bonds is 8. The zero-order valence-electron chi connectivity index (χ0n) is 20.3. The molecule has 38 heavy (non-hydrogen) atoms. The molecule has 0 bridgehead atoms. The number of carbonyl (C=O) groups excluding carboxylic acids is 1. The molecule has 0 aliphatic carbocycles. The van der Waals surface area contributed by atoms with Crippen LogP contribution in [0.1, 0.15) is 18.2 Å². The highest BCUT2D eigenvalue weighted by Gasteiger charge is 2.40. The number of aromatic nitrogens is 3. The Hall–Kier alpha value is -4.19. The maximum atomic E-state index is 14.7. The summed E-state index contributed by atoms with van der Waals surface area (Å²) in [7, 11) is 0. The second-order valence-electron chi connectivity index (χ2n) is 9.24. The second kappa shape index (κ2) is 10.3. The Morgan fingerprint density at radius 1 is 1.13 bits per heavy atom. The lowest BCUT2D eigenvalue weighted by atomic mass is 10.0. The molecule has 2 aliphatic rings. The van der Waals surface area contributed by atoms with E-state index in [1.165, 1.54) is 35.6 Å². The average Bonchev–Trinajstić information content (AvgIpc) is 3.25. The standard InChI is InChI=1S/C26H26F3N7O2/c1-2-21(37)33-17-13-36(14-17)25-31-11-16(12-32-25)24(38)34-22-19(18-5-3-4-6-20(18)27)7-9-30-23(22)35-10-8-26(28,29)15-35/h2-7,9,11-12,17,24,34,38H,1,8,10,13-15H2,(H,33,37). The second-order valence-corrected chi connectivity index (χ2v) is 9.24. The van der Waals surface area contributed by atoms with Gasteiger partial charge in [0.25, 0.3) is 5.92 Å². The molecular weight excluding hydrogens is 499 g/mol. The van der Waals surface area contributed by atoms with Gasteiger partial charge in [0, 0.05) is 61.3 Å². The number of nitrogens with one attached hydrogen (secondary N) is 2. The van der Waals surface area contributed by atoms with Crippen LogP contribution < -0.4 is 20.4 Å². The third-order valence-electron chi connectivity index (χ3n) is 6.52. The van der Waals surface area contributed by atoms with Crippen LogP contribution in [0.2, 0.25) is 0 Å². The molecule has 198 valence electrons. The largest absolute Gasteiger partial charge is 0.369 e. The minimum Gasteiger partial charge on any atom is -0.369 e. The van der Waals surface area contributed by atoms with E-state index >= 15 is 0 Å². The highest BCUT2D eigenvalue weighted by atomic mass is 19.3. The molecule has 5 rings (SSSR count). The van der Waals surface area contributed by atoms with Crippen LogP contribution in [0.25, 0.3) is 11.1 Å². The molecule has 3 N–H and O–H groups in total. The van der Waals surface area contributed by atoms with Crippen molar-refractivity contribution in [1.82, 2.24) is 20.3 Å². The van der Waals surface area contributed by atoms with Gasteiger partial charge in [-0.3, -0.25) is 4.79 Å². The summed E-state index contributed by atoms with van der Waals surface area (Å²) in [4.78, 5) is 27.6. The minimum absolute atomic E-state index is 0.0326. The van der Waals surface area contributed by atoms with Crippen molar-refractivity contribution < 1.29 is 23.1 Å². The Morgan fingerprint density at radius 2 is 1.87 bits per heavy atom. The topological polar surface area (TPSA) is 107 Å². The average molecular weight is 526 g/mol. The summed E-state index contributed by atoms with van der Waals surface area (Å²) in [6.45, 7) is 4.02. The van der Waals surface area contributed by atoms with Crippen molar-refractivity contribution in [2.45, 2.75) is 24.6 Å². The van der Waals surface area contributed by atoms with E-state index in [4.69, 9.17) is 0 Å².